The lowest BCUT2D eigenvalue weighted by molar-refractivity contribution is -0.138. The molecule has 2 aromatic carbocycles. The fourth-order valence-corrected chi connectivity index (χ4v) is 2.50. The molecular weight excluding hydrogens is 344 g/mol. The quantitative estimate of drug-likeness (QED) is 0.731. The molecule has 0 aliphatic carbocycles. The third-order valence-electron chi connectivity index (χ3n) is 4.44. The van der Waals surface area contributed by atoms with E-state index < -0.39 is 11.3 Å². The highest BCUT2D eigenvalue weighted by Crippen LogP contribution is 2.31. The van der Waals surface area contributed by atoms with Gasteiger partial charge in [0.05, 0.1) is 25.9 Å². The van der Waals surface area contributed by atoms with Crippen LogP contribution in [0.25, 0.3) is 0 Å². The van der Waals surface area contributed by atoms with Gasteiger partial charge in [0.15, 0.2) is 0 Å². The summed E-state index contributed by atoms with van der Waals surface area (Å²) in [6, 6.07) is 14.5. The molecule has 0 aromatic heterocycles. The maximum absolute atomic E-state index is 12.8. The summed E-state index contributed by atoms with van der Waals surface area (Å²) in [4.78, 5) is 25.5. The van der Waals surface area contributed by atoms with Crippen LogP contribution in [0.1, 0.15) is 32.4 Å². The summed E-state index contributed by atoms with van der Waals surface area (Å²) in [7, 11) is 3.05. The third-order valence-corrected chi connectivity index (χ3v) is 4.44. The Morgan fingerprint density at radius 1 is 0.963 bits per heavy atom. The molecule has 6 nitrogen and oxygen atoms in total. The van der Waals surface area contributed by atoms with Crippen LogP contribution in [-0.4, -0.2) is 26.0 Å². The second-order valence-corrected chi connectivity index (χ2v) is 6.75. The zero-order valence-corrected chi connectivity index (χ0v) is 16.3. The van der Waals surface area contributed by atoms with E-state index in [-0.39, 0.29) is 11.9 Å². The number of nitrogens with one attached hydrogen (secondary N) is 2. The van der Waals surface area contributed by atoms with Gasteiger partial charge in [0.1, 0.15) is 16.9 Å². The van der Waals surface area contributed by atoms with Crippen LogP contribution >= 0.6 is 0 Å². The predicted octanol–water partition coefficient (Wildman–Crippen LogP) is 3.55. The van der Waals surface area contributed by atoms with Crippen molar-refractivity contribution < 1.29 is 19.1 Å². The number of amides is 2. The van der Waals surface area contributed by atoms with Gasteiger partial charge in [-0.2, -0.15) is 0 Å². The molecule has 0 saturated heterocycles. The summed E-state index contributed by atoms with van der Waals surface area (Å²) in [6.07, 6.45) is 0. The van der Waals surface area contributed by atoms with E-state index in [2.05, 4.69) is 10.6 Å². The lowest BCUT2D eigenvalue weighted by Crippen LogP contribution is -2.45. The van der Waals surface area contributed by atoms with E-state index in [1.165, 1.54) is 14.2 Å². The Kier molecular flexibility index (Phi) is 6.45. The van der Waals surface area contributed by atoms with Crippen LogP contribution in [0.5, 0.6) is 11.5 Å². The van der Waals surface area contributed by atoms with E-state index in [1.54, 1.807) is 32.0 Å². The summed E-state index contributed by atoms with van der Waals surface area (Å²) in [5.41, 5.74) is 0.132. The number of carbonyl (C=O) groups excluding carboxylic acids is 2. The summed E-state index contributed by atoms with van der Waals surface area (Å²) >= 11 is 0. The van der Waals surface area contributed by atoms with Crippen molar-refractivity contribution >= 4 is 17.5 Å². The molecule has 0 bridgehead atoms. The number of rotatable bonds is 7. The van der Waals surface area contributed by atoms with E-state index in [0.717, 1.165) is 5.56 Å². The van der Waals surface area contributed by atoms with Crippen molar-refractivity contribution in [3.63, 3.8) is 0 Å². The largest absolute Gasteiger partial charge is 0.497 e. The van der Waals surface area contributed by atoms with Gasteiger partial charge in [-0.1, -0.05) is 30.3 Å². The normalized spacial score (nSPS) is 12.0. The molecular formula is C21H26N2O4. The maximum atomic E-state index is 12.8. The molecule has 2 N–H and O–H groups in total. The molecule has 0 saturated carbocycles. The van der Waals surface area contributed by atoms with Gasteiger partial charge in [-0.25, -0.2) is 0 Å². The standard InChI is InChI=1S/C21H26N2O4/c1-14(15-9-7-6-8-10-15)22-19(24)21(2,3)20(25)23-17-13-16(26-4)11-12-18(17)27-5/h6-14H,1-5H3,(H,22,24)(H,23,25). The SMILES string of the molecule is COc1ccc(OC)c(NC(=O)C(C)(C)C(=O)NC(C)c2ccccc2)c1. The molecule has 0 aliphatic heterocycles. The third kappa shape index (κ3) is 4.78. The van der Waals surface area contributed by atoms with E-state index in [9.17, 15) is 9.59 Å². The minimum Gasteiger partial charge on any atom is -0.497 e. The van der Waals surface area contributed by atoms with Gasteiger partial charge >= 0.3 is 0 Å². The number of hydrogen-bond donors (Lipinski definition) is 2. The van der Waals surface area contributed by atoms with Crippen molar-refractivity contribution in [3.8, 4) is 11.5 Å². The Morgan fingerprint density at radius 3 is 2.22 bits per heavy atom. The molecule has 0 spiro atoms. The van der Waals surface area contributed by atoms with Gasteiger partial charge in [0, 0.05) is 6.07 Å². The number of methoxy groups -OCH3 is 2. The number of ether oxygens (including phenoxy) is 2. The van der Waals surface area contributed by atoms with Crippen molar-refractivity contribution in [2.45, 2.75) is 26.8 Å². The fourth-order valence-electron chi connectivity index (χ4n) is 2.50. The molecule has 1 atom stereocenters. The Morgan fingerprint density at radius 2 is 1.63 bits per heavy atom. The van der Waals surface area contributed by atoms with Gasteiger partial charge in [0.2, 0.25) is 11.8 Å². The van der Waals surface area contributed by atoms with Crippen LogP contribution in [0, 0.1) is 5.41 Å². The molecule has 2 aromatic rings. The Bertz CT molecular complexity index is 803. The lowest BCUT2D eigenvalue weighted by atomic mass is 9.90. The van der Waals surface area contributed by atoms with Gasteiger partial charge in [-0.15, -0.1) is 0 Å². The number of carbonyl (C=O) groups is 2. The molecule has 2 amide bonds. The average Bonchev–Trinajstić information content (AvgIpc) is 2.68. The lowest BCUT2D eigenvalue weighted by Gasteiger charge is -2.25. The van der Waals surface area contributed by atoms with Crippen molar-refractivity contribution in [2.75, 3.05) is 19.5 Å². The smallest absolute Gasteiger partial charge is 0.239 e. The van der Waals surface area contributed by atoms with Gasteiger partial charge in [-0.3, -0.25) is 9.59 Å². The zero-order chi connectivity index (χ0) is 20.0. The number of benzene rings is 2. The topological polar surface area (TPSA) is 76.7 Å². The van der Waals surface area contributed by atoms with E-state index in [0.29, 0.717) is 17.2 Å². The number of anilines is 1. The Labute approximate surface area is 159 Å². The van der Waals surface area contributed by atoms with Gasteiger partial charge < -0.3 is 20.1 Å². The predicted molar refractivity (Wildman–Crippen MR) is 105 cm³/mol. The Balaban J connectivity index is 2.13. The molecule has 144 valence electrons. The Hall–Kier alpha value is -3.02. The minimum absolute atomic E-state index is 0.211. The molecule has 0 fully saturated rings. The van der Waals surface area contributed by atoms with E-state index >= 15 is 0 Å². The highest BCUT2D eigenvalue weighted by molar-refractivity contribution is 6.10. The first-order valence-electron chi connectivity index (χ1n) is 8.69. The second kappa shape index (κ2) is 8.58. The number of hydrogen-bond acceptors (Lipinski definition) is 4. The maximum Gasteiger partial charge on any atom is 0.239 e. The van der Waals surface area contributed by atoms with Crippen LogP contribution in [0.4, 0.5) is 5.69 Å². The molecule has 27 heavy (non-hydrogen) atoms. The highest BCUT2D eigenvalue weighted by Gasteiger charge is 2.37. The van der Waals surface area contributed by atoms with Crippen molar-refractivity contribution in [2.24, 2.45) is 5.41 Å². The molecule has 2 rings (SSSR count). The molecule has 1 unspecified atom stereocenters. The first-order chi connectivity index (χ1) is 12.8. The zero-order valence-electron chi connectivity index (χ0n) is 16.3. The fraction of sp³-hybridized carbons (Fsp3) is 0.333. The summed E-state index contributed by atoms with van der Waals surface area (Å²) < 4.78 is 10.5. The first-order valence-corrected chi connectivity index (χ1v) is 8.69. The van der Waals surface area contributed by atoms with Crippen LogP contribution in [0.15, 0.2) is 48.5 Å². The summed E-state index contributed by atoms with van der Waals surface area (Å²) in [5, 5.41) is 5.66. The van der Waals surface area contributed by atoms with E-state index in [4.69, 9.17) is 9.47 Å². The van der Waals surface area contributed by atoms with Gasteiger partial charge in [0.25, 0.3) is 0 Å². The molecule has 0 heterocycles. The second-order valence-electron chi connectivity index (χ2n) is 6.75. The van der Waals surface area contributed by atoms with Crippen LogP contribution in [0.3, 0.4) is 0 Å². The molecule has 6 heteroatoms. The van der Waals surface area contributed by atoms with Crippen molar-refractivity contribution in [1.29, 1.82) is 0 Å². The van der Waals surface area contributed by atoms with Crippen LogP contribution in [0.2, 0.25) is 0 Å². The monoisotopic (exact) mass is 370 g/mol. The first kappa shape index (κ1) is 20.3. The highest BCUT2D eigenvalue weighted by atomic mass is 16.5. The van der Waals surface area contributed by atoms with Gasteiger partial charge in [-0.05, 0) is 38.5 Å². The van der Waals surface area contributed by atoms with E-state index in [1.807, 2.05) is 37.3 Å². The summed E-state index contributed by atoms with van der Waals surface area (Å²) in [6.45, 7) is 5.05. The summed E-state index contributed by atoms with van der Waals surface area (Å²) in [5.74, 6) is 0.258. The van der Waals surface area contributed by atoms with Crippen molar-refractivity contribution in [1.82, 2.24) is 5.32 Å². The van der Waals surface area contributed by atoms with Crippen LogP contribution in [-0.2, 0) is 9.59 Å². The van der Waals surface area contributed by atoms with Crippen LogP contribution < -0.4 is 20.1 Å². The molecule has 0 radical (unpaired) electrons. The molecule has 0 aliphatic rings. The van der Waals surface area contributed by atoms with Crippen molar-refractivity contribution in [3.05, 3.63) is 54.1 Å². The average molecular weight is 370 g/mol. The minimum atomic E-state index is -1.28.